The summed E-state index contributed by atoms with van der Waals surface area (Å²) in [5.74, 6) is -1.03. The molecule has 208 valence electrons. The van der Waals surface area contributed by atoms with Crippen LogP contribution in [0.15, 0.2) is 56.8 Å². The number of amides is 2. The van der Waals surface area contributed by atoms with Crippen LogP contribution < -0.4 is 4.80 Å². The number of hydrogen-bond donors (Lipinski definition) is 0. The third-order valence-corrected chi connectivity index (χ3v) is 9.39. The second-order valence-corrected chi connectivity index (χ2v) is 12.3. The van der Waals surface area contributed by atoms with Crippen molar-refractivity contribution in [3.63, 3.8) is 0 Å². The standard InChI is InChI=1S/C25H27BrN4O7S2/c1-3-36-22(31)16-30-20-10-7-18(26)15-21(20)38-24(30)27-23(32)17-5-8-19(9-6-17)39(34,35)29-13-11-28(12-14-29)25(33)37-4-2/h5-10,15H,3-4,11-14,16H2,1-2H3. The maximum Gasteiger partial charge on any atom is 0.409 e. The normalized spacial score (nSPS) is 14.9. The third-order valence-electron chi connectivity index (χ3n) is 5.94. The Morgan fingerprint density at radius 2 is 1.64 bits per heavy atom. The Bertz CT molecular complexity index is 1560. The molecular formula is C25H27BrN4O7S2. The molecule has 14 heteroatoms. The molecule has 1 aromatic heterocycles. The lowest BCUT2D eigenvalue weighted by Gasteiger charge is -2.33. The Labute approximate surface area is 237 Å². The summed E-state index contributed by atoms with van der Waals surface area (Å²) in [6.45, 7) is 4.53. The van der Waals surface area contributed by atoms with Gasteiger partial charge in [-0.25, -0.2) is 13.2 Å². The highest BCUT2D eigenvalue weighted by Gasteiger charge is 2.30. The first-order valence-corrected chi connectivity index (χ1v) is 15.2. The van der Waals surface area contributed by atoms with Gasteiger partial charge in [-0.1, -0.05) is 27.3 Å². The molecule has 0 spiro atoms. The summed E-state index contributed by atoms with van der Waals surface area (Å²) in [5, 5.41) is 0. The van der Waals surface area contributed by atoms with Gasteiger partial charge in [0, 0.05) is 36.2 Å². The number of piperazine rings is 1. The Kier molecular flexibility index (Phi) is 9.20. The highest BCUT2D eigenvalue weighted by atomic mass is 79.9. The van der Waals surface area contributed by atoms with Crippen molar-refractivity contribution in [2.75, 3.05) is 39.4 Å². The van der Waals surface area contributed by atoms with Crippen molar-refractivity contribution in [3.8, 4) is 0 Å². The largest absolute Gasteiger partial charge is 0.465 e. The smallest absolute Gasteiger partial charge is 0.409 e. The number of thiazole rings is 1. The second kappa shape index (κ2) is 12.4. The van der Waals surface area contributed by atoms with E-state index in [0.717, 1.165) is 14.7 Å². The quantitative estimate of drug-likeness (QED) is 0.364. The zero-order valence-electron chi connectivity index (χ0n) is 21.3. The molecule has 0 saturated carbocycles. The van der Waals surface area contributed by atoms with Crippen LogP contribution in [0.2, 0.25) is 0 Å². The number of hydrogen-bond acceptors (Lipinski definition) is 8. The van der Waals surface area contributed by atoms with Crippen LogP contribution in [0.3, 0.4) is 0 Å². The number of halogens is 1. The summed E-state index contributed by atoms with van der Waals surface area (Å²) < 4.78 is 40.9. The molecule has 1 aliphatic heterocycles. The Morgan fingerprint density at radius 3 is 2.28 bits per heavy atom. The first-order valence-electron chi connectivity index (χ1n) is 12.2. The summed E-state index contributed by atoms with van der Waals surface area (Å²) >= 11 is 4.68. The van der Waals surface area contributed by atoms with Crippen LogP contribution in [0.1, 0.15) is 24.2 Å². The van der Waals surface area contributed by atoms with Gasteiger partial charge in [-0.05, 0) is 56.3 Å². The van der Waals surface area contributed by atoms with Crippen LogP contribution in [-0.2, 0) is 30.8 Å². The summed E-state index contributed by atoms with van der Waals surface area (Å²) in [6, 6.07) is 11.1. The lowest BCUT2D eigenvalue weighted by Crippen LogP contribution is -2.50. The van der Waals surface area contributed by atoms with Gasteiger partial charge >= 0.3 is 12.1 Å². The fraction of sp³-hybridized carbons (Fsp3) is 0.360. The van der Waals surface area contributed by atoms with E-state index in [1.807, 2.05) is 18.2 Å². The van der Waals surface area contributed by atoms with Gasteiger partial charge in [0.2, 0.25) is 10.0 Å². The molecule has 1 saturated heterocycles. The molecule has 0 aliphatic carbocycles. The molecule has 1 fully saturated rings. The number of nitrogens with zero attached hydrogens (tertiary/aromatic N) is 4. The van der Waals surface area contributed by atoms with E-state index in [4.69, 9.17) is 9.47 Å². The monoisotopic (exact) mass is 638 g/mol. The number of esters is 1. The number of benzene rings is 2. The number of rotatable bonds is 7. The molecule has 0 unspecified atom stereocenters. The van der Waals surface area contributed by atoms with Crippen molar-refractivity contribution in [1.82, 2.24) is 13.8 Å². The van der Waals surface area contributed by atoms with Crippen LogP contribution in [-0.4, -0.2) is 79.6 Å². The number of ether oxygens (including phenoxy) is 2. The van der Waals surface area contributed by atoms with Crippen LogP contribution in [0, 0.1) is 0 Å². The lowest BCUT2D eigenvalue weighted by molar-refractivity contribution is -0.143. The number of sulfonamides is 1. The molecule has 0 atom stereocenters. The van der Waals surface area contributed by atoms with Crippen LogP contribution >= 0.6 is 27.3 Å². The van der Waals surface area contributed by atoms with E-state index < -0.39 is 28.0 Å². The summed E-state index contributed by atoms with van der Waals surface area (Å²) in [4.78, 5) is 43.2. The SMILES string of the molecule is CCOC(=O)Cn1c(=NC(=O)c2ccc(S(=O)(=O)N3CCN(C(=O)OCC)CC3)cc2)sc2cc(Br)ccc21. The molecule has 2 aromatic carbocycles. The van der Waals surface area contributed by atoms with Gasteiger partial charge in [-0.2, -0.15) is 9.30 Å². The molecule has 1 aliphatic rings. The fourth-order valence-corrected chi connectivity index (χ4v) is 7.02. The Balaban J connectivity index is 1.55. The Morgan fingerprint density at radius 1 is 0.974 bits per heavy atom. The predicted octanol–water partition coefficient (Wildman–Crippen LogP) is 3.23. The van der Waals surface area contributed by atoms with Crippen molar-refractivity contribution < 1.29 is 32.3 Å². The zero-order chi connectivity index (χ0) is 28.2. The third kappa shape index (κ3) is 6.57. The molecule has 11 nitrogen and oxygen atoms in total. The molecule has 3 aromatic rings. The summed E-state index contributed by atoms with van der Waals surface area (Å²) in [5.41, 5.74) is 0.926. The number of aromatic nitrogens is 1. The van der Waals surface area contributed by atoms with Gasteiger partial charge in [0.05, 0.1) is 28.3 Å². The molecule has 0 bridgehead atoms. The molecule has 0 N–H and O–H groups in total. The highest BCUT2D eigenvalue weighted by Crippen LogP contribution is 2.23. The summed E-state index contributed by atoms with van der Waals surface area (Å²) in [6.07, 6.45) is -0.462. The van der Waals surface area contributed by atoms with Gasteiger partial charge in [-0.3, -0.25) is 9.59 Å². The van der Waals surface area contributed by atoms with Gasteiger partial charge in [0.1, 0.15) is 6.54 Å². The van der Waals surface area contributed by atoms with E-state index in [2.05, 4.69) is 20.9 Å². The molecule has 2 amide bonds. The minimum absolute atomic E-state index is 0.0349. The maximum absolute atomic E-state index is 13.1. The minimum atomic E-state index is -3.82. The van der Waals surface area contributed by atoms with Crippen LogP contribution in [0.4, 0.5) is 4.79 Å². The van der Waals surface area contributed by atoms with Gasteiger partial charge < -0.3 is 18.9 Å². The van der Waals surface area contributed by atoms with Gasteiger partial charge in [0.25, 0.3) is 5.91 Å². The molecule has 0 radical (unpaired) electrons. The molecular weight excluding hydrogens is 612 g/mol. The van der Waals surface area contributed by atoms with Gasteiger partial charge in [0.15, 0.2) is 4.80 Å². The number of fused-ring (bicyclic) bond motifs is 1. The van der Waals surface area contributed by atoms with Crippen molar-refractivity contribution in [1.29, 1.82) is 0 Å². The first kappa shape index (κ1) is 28.9. The number of carbonyl (C=O) groups excluding carboxylic acids is 3. The zero-order valence-corrected chi connectivity index (χ0v) is 24.6. The molecule has 2 heterocycles. The topological polar surface area (TPSA) is 128 Å². The maximum atomic E-state index is 13.1. The van der Waals surface area contributed by atoms with E-state index in [0.29, 0.717) is 4.80 Å². The molecule has 4 rings (SSSR count). The van der Waals surface area contributed by atoms with Crippen molar-refractivity contribution in [2.45, 2.75) is 25.3 Å². The van der Waals surface area contributed by atoms with E-state index in [-0.39, 0.29) is 56.4 Å². The van der Waals surface area contributed by atoms with Crippen molar-refractivity contribution in [3.05, 3.63) is 57.3 Å². The van der Waals surface area contributed by atoms with Gasteiger partial charge in [-0.15, -0.1) is 0 Å². The van der Waals surface area contributed by atoms with E-state index in [1.54, 1.807) is 18.4 Å². The minimum Gasteiger partial charge on any atom is -0.465 e. The predicted molar refractivity (Wildman–Crippen MR) is 148 cm³/mol. The van der Waals surface area contributed by atoms with E-state index in [1.165, 1.54) is 44.8 Å². The van der Waals surface area contributed by atoms with Crippen LogP contribution in [0.5, 0.6) is 0 Å². The summed E-state index contributed by atoms with van der Waals surface area (Å²) in [7, 11) is -3.82. The van der Waals surface area contributed by atoms with Crippen molar-refractivity contribution in [2.24, 2.45) is 4.99 Å². The van der Waals surface area contributed by atoms with Crippen LogP contribution in [0.25, 0.3) is 10.2 Å². The number of carbonyl (C=O) groups is 3. The lowest BCUT2D eigenvalue weighted by atomic mass is 10.2. The highest BCUT2D eigenvalue weighted by molar-refractivity contribution is 9.10. The average Bonchev–Trinajstić information content (AvgIpc) is 3.24. The second-order valence-electron chi connectivity index (χ2n) is 8.42. The van der Waals surface area contributed by atoms with E-state index >= 15 is 0 Å². The van der Waals surface area contributed by atoms with Crippen molar-refractivity contribution >= 4 is 65.5 Å². The van der Waals surface area contributed by atoms with E-state index in [9.17, 15) is 22.8 Å². The molecule has 39 heavy (non-hydrogen) atoms. The fourth-order valence-electron chi connectivity index (χ4n) is 4.02. The first-order chi connectivity index (χ1) is 18.6. The average molecular weight is 640 g/mol. The Hall–Kier alpha value is -3.07.